The standard InChI is InChI=1S/C27H32ClN7O/c1-34-23(10-5-3-2-4-7-18-8-6-9-21(28)13-18)24(22-14-19(15-29)16-32-26(22)34)27(36)35-12-11-20(17-35)25(30)33-31/h6,8-9,13-14,16,20H,2-5,7,10-12,17,31H2,1H3,(H2,30,33). The second-order valence-corrected chi connectivity index (χ2v) is 9.86. The predicted molar refractivity (Wildman–Crippen MR) is 143 cm³/mol. The average molecular weight is 506 g/mol. The van der Waals surface area contributed by atoms with E-state index in [0.29, 0.717) is 35.7 Å². The maximum Gasteiger partial charge on any atom is 0.256 e. The third kappa shape index (κ3) is 5.47. The zero-order valence-corrected chi connectivity index (χ0v) is 21.3. The molecule has 0 saturated carbocycles. The fourth-order valence-corrected chi connectivity index (χ4v) is 5.28. The van der Waals surface area contributed by atoms with E-state index in [0.717, 1.165) is 61.0 Å². The van der Waals surface area contributed by atoms with E-state index in [4.69, 9.17) is 23.2 Å². The monoisotopic (exact) mass is 505 g/mol. The summed E-state index contributed by atoms with van der Waals surface area (Å²) in [5.74, 6) is 5.64. The molecule has 1 fully saturated rings. The maximum atomic E-state index is 13.7. The van der Waals surface area contributed by atoms with E-state index < -0.39 is 0 Å². The molecular weight excluding hydrogens is 474 g/mol. The van der Waals surface area contributed by atoms with E-state index in [1.165, 1.54) is 5.56 Å². The van der Waals surface area contributed by atoms with Gasteiger partial charge in [-0.2, -0.15) is 10.4 Å². The summed E-state index contributed by atoms with van der Waals surface area (Å²) in [5.41, 5.74) is 9.93. The van der Waals surface area contributed by atoms with Crippen LogP contribution in [0.1, 0.15) is 59.3 Å². The lowest BCUT2D eigenvalue weighted by Gasteiger charge is -2.18. The number of amides is 1. The topological polar surface area (TPSA) is 126 Å². The minimum Gasteiger partial charge on any atom is -0.385 e. The van der Waals surface area contributed by atoms with Gasteiger partial charge in [-0.25, -0.2) is 4.98 Å². The summed E-state index contributed by atoms with van der Waals surface area (Å²) in [6.07, 6.45) is 8.26. The number of halogens is 1. The van der Waals surface area contributed by atoms with E-state index in [9.17, 15) is 10.1 Å². The molecule has 0 spiro atoms. The fraction of sp³-hybridized carbons (Fsp3) is 0.407. The number of amidine groups is 1. The Bertz CT molecular complexity index is 1320. The number of aryl methyl sites for hydroxylation is 2. The van der Waals surface area contributed by atoms with E-state index in [1.54, 1.807) is 12.3 Å². The number of fused-ring (bicyclic) bond motifs is 1. The number of hydrogen-bond donors (Lipinski definition) is 2. The first-order valence-corrected chi connectivity index (χ1v) is 12.7. The number of pyridine rings is 1. The first-order valence-electron chi connectivity index (χ1n) is 12.4. The Morgan fingerprint density at radius 1 is 1.25 bits per heavy atom. The highest BCUT2D eigenvalue weighted by Gasteiger charge is 2.32. The molecule has 0 radical (unpaired) electrons. The number of likely N-dealkylation sites (tertiary alicyclic amines) is 1. The molecule has 3 heterocycles. The Balaban J connectivity index is 1.49. The van der Waals surface area contributed by atoms with Gasteiger partial charge in [0.05, 0.1) is 11.1 Å². The first-order chi connectivity index (χ1) is 17.4. The lowest BCUT2D eigenvalue weighted by atomic mass is 10.0. The minimum absolute atomic E-state index is 0.0373. The summed E-state index contributed by atoms with van der Waals surface area (Å²) < 4.78 is 2.00. The molecule has 1 aromatic carbocycles. The number of nitrogens with zero attached hydrogens (tertiary/aromatic N) is 5. The van der Waals surface area contributed by atoms with Crippen LogP contribution in [0.25, 0.3) is 11.0 Å². The Morgan fingerprint density at radius 2 is 2.03 bits per heavy atom. The Hall–Kier alpha value is -3.57. The van der Waals surface area contributed by atoms with Crippen molar-refractivity contribution in [3.63, 3.8) is 0 Å². The van der Waals surface area contributed by atoms with Gasteiger partial charge in [0.25, 0.3) is 5.91 Å². The highest BCUT2D eigenvalue weighted by Crippen LogP contribution is 2.30. The molecule has 8 nitrogen and oxygen atoms in total. The van der Waals surface area contributed by atoms with Crippen LogP contribution in [0.4, 0.5) is 0 Å². The molecule has 1 atom stereocenters. The molecule has 4 N–H and O–H groups in total. The van der Waals surface area contributed by atoms with Crippen LogP contribution in [0.5, 0.6) is 0 Å². The van der Waals surface area contributed by atoms with Crippen molar-refractivity contribution in [3.8, 4) is 6.07 Å². The number of unbranched alkanes of at least 4 members (excludes halogenated alkanes) is 3. The van der Waals surface area contributed by atoms with Crippen molar-refractivity contribution in [3.05, 3.63) is 63.9 Å². The largest absolute Gasteiger partial charge is 0.385 e. The molecule has 4 rings (SSSR count). The van der Waals surface area contributed by atoms with Crippen LogP contribution in [0.3, 0.4) is 0 Å². The quantitative estimate of drug-likeness (QED) is 0.148. The number of carbonyl (C=O) groups is 1. The number of hydrogen-bond acceptors (Lipinski definition) is 5. The summed E-state index contributed by atoms with van der Waals surface area (Å²) in [5, 5.41) is 14.5. The van der Waals surface area contributed by atoms with E-state index >= 15 is 0 Å². The summed E-state index contributed by atoms with van der Waals surface area (Å²) in [4.78, 5) is 20.1. The summed E-state index contributed by atoms with van der Waals surface area (Å²) >= 11 is 6.09. The zero-order chi connectivity index (χ0) is 25.7. The van der Waals surface area contributed by atoms with Crippen molar-refractivity contribution < 1.29 is 4.79 Å². The molecule has 9 heteroatoms. The fourth-order valence-electron chi connectivity index (χ4n) is 5.07. The number of hydrazone groups is 1. The summed E-state index contributed by atoms with van der Waals surface area (Å²) in [7, 11) is 1.94. The number of nitrogens with two attached hydrogens (primary N) is 2. The number of aromatic nitrogens is 2. The molecule has 3 aromatic rings. The van der Waals surface area contributed by atoms with Gasteiger partial charge in [-0.15, -0.1) is 0 Å². The van der Waals surface area contributed by atoms with E-state index in [1.807, 2.05) is 34.7 Å². The maximum absolute atomic E-state index is 13.7. The van der Waals surface area contributed by atoms with Gasteiger partial charge in [-0.1, -0.05) is 36.6 Å². The molecule has 1 saturated heterocycles. The predicted octanol–water partition coefficient (Wildman–Crippen LogP) is 4.14. The molecule has 0 bridgehead atoms. The molecule has 36 heavy (non-hydrogen) atoms. The SMILES string of the molecule is Cn1c(CCCCCCc2cccc(Cl)c2)c(C(=O)N2CCC(/C(N)=N/N)C2)c2cc(C#N)cnc21. The van der Waals surface area contributed by atoms with Crippen LogP contribution in [-0.2, 0) is 19.9 Å². The molecule has 1 aliphatic heterocycles. The minimum atomic E-state index is -0.0548. The second-order valence-electron chi connectivity index (χ2n) is 9.42. The molecule has 0 aliphatic carbocycles. The Kier molecular flexibility index (Phi) is 8.11. The number of benzene rings is 1. The van der Waals surface area contributed by atoms with Gasteiger partial charge in [0.1, 0.15) is 17.6 Å². The van der Waals surface area contributed by atoms with Crippen LogP contribution in [0, 0.1) is 17.2 Å². The van der Waals surface area contributed by atoms with Crippen molar-refractivity contribution >= 4 is 34.4 Å². The Morgan fingerprint density at radius 3 is 2.75 bits per heavy atom. The molecular formula is C27H32ClN7O. The molecule has 188 valence electrons. The van der Waals surface area contributed by atoms with Gasteiger partial charge < -0.3 is 21.0 Å². The average Bonchev–Trinajstić information content (AvgIpc) is 3.48. The van der Waals surface area contributed by atoms with Crippen LogP contribution >= 0.6 is 11.6 Å². The van der Waals surface area contributed by atoms with Crippen molar-refractivity contribution in [2.75, 3.05) is 13.1 Å². The lowest BCUT2D eigenvalue weighted by molar-refractivity contribution is 0.0791. The van der Waals surface area contributed by atoms with Gasteiger partial charge in [0.2, 0.25) is 0 Å². The lowest BCUT2D eigenvalue weighted by Crippen LogP contribution is -2.32. The van der Waals surface area contributed by atoms with E-state index in [-0.39, 0.29) is 11.8 Å². The molecule has 1 amide bonds. The third-order valence-electron chi connectivity index (χ3n) is 7.05. The summed E-state index contributed by atoms with van der Waals surface area (Å²) in [6, 6.07) is 11.9. The van der Waals surface area contributed by atoms with Crippen LogP contribution in [0.15, 0.2) is 41.6 Å². The van der Waals surface area contributed by atoms with Crippen molar-refractivity contribution in [2.24, 2.45) is 29.6 Å². The molecule has 2 aromatic heterocycles. The third-order valence-corrected chi connectivity index (χ3v) is 7.29. The molecule has 1 aliphatic rings. The van der Waals surface area contributed by atoms with Crippen molar-refractivity contribution in [1.82, 2.24) is 14.5 Å². The van der Waals surface area contributed by atoms with Crippen molar-refractivity contribution in [2.45, 2.75) is 44.9 Å². The number of rotatable bonds is 9. The second kappa shape index (κ2) is 11.4. The number of nitriles is 1. The van der Waals surface area contributed by atoms with Gasteiger partial charge >= 0.3 is 0 Å². The molecule has 1 unspecified atom stereocenters. The first kappa shape index (κ1) is 25.5. The smallest absolute Gasteiger partial charge is 0.256 e. The van der Waals surface area contributed by atoms with Gasteiger partial charge in [-0.05, 0) is 55.9 Å². The van der Waals surface area contributed by atoms with Crippen molar-refractivity contribution in [1.29, 1.82) is 5.26 Å². The van der Waals surface area contributed by atoms with Crippen LogP contribution in [0.2, 0.25) is 5.02 Å². The van der Waals surface area contributed by atoms with E-state index in [2.05, 4.69) is 22.2 Å². The normalized spacial score (nSPS) is 16.0. The van der Waals surface area contributed by atoms with Gasteiger partial charge in [0.15, 0.2) is 0 Å². The van der Waals surface area contributed by atoms with Crippen LogP contribution in [-0.4, -0.2) is 39.3 Å². The van der Waals surface area contributed by atoms with Gasteiger partial charge in [-0.3, -0.25) is 4.79 Å². The van der Waals surface area contributed by atoms with Crippen LogP contribution < -0.4 is 11.6 Å². The summed E-state index contributed by atoms with van der Waals surface area (Å²) in [6.45, 7) is 1.07. The Labute approximate surface area is 216 Å². The number of carbonyl (C=O) groups excluding carboxylic acids is 1. The zero-order valence-electron chi connectivity index (χ0n) is 20.6. The highest BCUT2D eigenvalue weighted by molar-refractivity contribution is 6.30. The highest BCUT2D eigenvalue weighted by atomic mass is 35.5. The van der Waals surface area contributed by atoms with Gasteiger partial charge in [0, 0.05) is 48.4 Å².